The molecule has 0 bridgehead atoms. The predicted molar refractivity (Wildman–Crippen MR) is 59.0 cm³/mol. The van der Waals surface area contributed by atoms with Crippen molar-refractivity contribution >= 4 is 11.6 Å². The van der Waals surface area contributed by atoms with E-state index < -0.39 is 5.91 Å². The van der Waals surface area contributed by atoms with Crippen molar-refractivity contribution in [2.24, 2.45) is 5.73 Å². The molecule has 84 valence electrons. The van der Waals surface area contributed by atoms with Crippen molar-refractivity contribution in [1.82, 2.24) is 14.8 Å². The topological polar surface area (TPSA) is 124 Å². The molecule has 0 aromatic carbocycles. The summed E-state index contributed by atoms with van der Waals surface area (Å²) in [5.41, 5.74) is 11.5. The van der Waals surface area contributed by atoms with Crippen molar-refractivity contribution in [3.05, 3.63) is 35.8 Å². The lowest BCUT2D eigenvalue weighted by Crippen LogP contribution is -2.09. The summed E-state index contributed by atoms with van der Waals surface area (Å²) >= 11 is 0. The van der Waals surface area contributed by atoms with Crippen LogP contribution in [0.3, 0.4) is 0 Å². The number of carbonyl (C=O) groups excluding carboxylic acids is 1. The second kappa shape index (κ2) is 3.94. The Hall–Kier alpha value is -2.88. The van der Waals surface area contributed by atoms with Crippen LogP contribution >= 0.6 is 0 Å². The Kier molecular flexibility index (Phi) is 2.46. The number of hydrogen-bond donors (Lipinski definition) is 2. The maximum absolute atomic E-state index is 10.9. The van der Waals surface area contributed by atoms with Gasteiger partial charge < -0.3 is 11.5 Å². The van der Waals surface area contributed by atoms with Gasteiger partial charge in [0.1, 0.15) is 6.07 Å². The first-order valence-electron chi connectivity index (χ1n) is 4.62. The maximum Gasteiger partial charge on any atom is 0.251 e. The number of nitriles is 1. The second-order valence-corrected chi connectivity index (χ2v) is 3.29. The summed E-state index contributed by atoms with van der Waals surface area (Å²) in [6, 6.07) is 3.43. The zero-order valence-corrected chi connectivity index (χ0v) is 8.66. The number of primary amides is 1. The van der Waals surface area contributed by atoms with Gasteiger partial charge in [0.25, 0.3) is 5.91 Å². The van der Waals surface area contributed by atoms with E-state index in [-0.39, 0.29) is 11.1 Å². The van der Waals surface area contributed by atoms with E-state index in [0.29, 0.717) is 11.5 Å². The molecule has 0 aliphatic carbocycles. The summed E-state index contributed by atoms with van der Waals surface area (Å²) < 4.78 is 1.30. The highest BCUT2D eigenvalue weighted by molar-refractivity contribution is 5.92. The van der Waals surface area contributed by atoms with Crippen molar-refractivity contribution in [3.8, 4) is 11.9 Å². The van der Waals surface area contributed by atoms with Gasteiger partial charge in [0, 0.05) is 6.20 Å². The molecule has 0 aliphatic heterocycles. The molecule has 2 aromatic rings. The standard InChI is InChI=1S/C10H8N6O/c11-2-6-1-8(12)4-14-10(6)16-5-7(3-15-16)9(13)17/h1,3-5H,12H2,(H2,13,17). The number of nitrogen functional groups attached to an aromatic ring is 1. The normalized spacial score (nSPS) is 9.82. The lowest BCUT2D eigenvalue weighted by molar-refractivity contribution is 0.100. The molecule has 0 fully saturated rings. The number of carbonyl (C=O) groups is 1. The highest BCUT2D eigenvalue weighted by atomic mass is 16.1. The molecule has 1 amide bonds. The van der Waals surface area contributed by atoms with Gasteiger partial charge in [-0.2, -0.15) is 10.4 Å². The van der Waals surface area contributed by atoms with Gasteiger partial charge in [-0.05, 0) is 6.07 Å². The first kappa shape index (κ1) is 10.6. The fourth-order valence-electron chi connectivity index (χ4n) is 1.30. The Labute approximate surface area is 96.3 Å². The molecule has 7 heteroatoms. The van der Waals surface area contributed by atoms with Gasteiger partial charge in [-0.1, -0.05) is 0 Å². The molecule has 2 aromatic heterocycles. The molecule has 7 nitrogen and oxygen atoms in total. The van der Waals surface area contributed by atoms with E-state index in [4.69, 9.17) is 16.7 Å². The Bertz CT molecular complexity index is 624. The molecule has 17 heavy (non-hydrogen) atoms. The molecular formula is C10H8N6O. The van der Waals surface area contributed by atoms with Gasteiger partial charge in [-0.3, -0.25) is 4.79 Å². The number of nitrogens with zero attached hydrogens (tertiary/aromatic N) is 4. The molecule has 0 radical (unpaired) electrons. The van der Waals surface area contributed by atoms with Gasteiger partial charge in [0.2, 0.25) is 0 Å². The molecule has 2 rings (SSSR count). The van der Waals surface area contributed by atoms with Gasteiger partial charge >= 0.3 is 0 Å². The van der Waals surface area contributed by atoms with Crippen LogP contribution in [0.2, 0.25) is 0 Å². The molecule has 0 spiro atoms. The molecule has 0 saturated carbocycles. The van der Waals surface area contributed by atoms with Gasteiger partial charge in [-0.25, -0.2) is 9.67 Å². The van der Waals surface area contributed by atoms with E-state index in [1.54, 1.807) is 0 Å². The van der Waals surface area contributed by atoms with E-state index >= 15 is 0 Å². The highest BCUT2D eigenvalue weighted by Crippen LogP contribution is 2.13. The number of amides is 1. The van der Waals surface area contributed by atoms with Crippen LogP contribution in [0.25, 0.3) is 5.82 Å². The molecule has 0 saturated heterocycles. The highest BCUT2D eigenvalue weighted by Gasteiger charge is 2.10. The summed E-state index contributed by atoms with van der Waals surface area (Å²) in [7, 11) is 0. The van der Waals surface area contributed by atoms with E-state index in [1.807, 2.05) is 6.07 Å². The van der Waals surface area contributed by atoms with Gasteiger partial charge in [0.15, 0.2) is 5.82 Å². The van der Waals surface area contributed by atoms with Crippen LogP contribution in [0, 0.1) is 11.3 Å². The van der Waals surface area contributed by atoms with Crippen LogP contribution in [-0.2, 0) is 0 Å². The number of rotatable bonds is 2. The van der Waals surface area contributed by atoms with Gasteiger partial charge in [-0.15, -0.1) is 0 Å². The summed E-state index contributed by atoms with van der Waals surface area (Å²) in [6.45, 7) is 0. The Morgan fingerprint density at radius 1 is 1.47 bits per heavy atom. The summed E-state index contributed by atoms with van der Waals surface area (Å²) in [4.78, 5) is 14.9. The Morgan fingerprint density at radius 3 is 2.82 bits per heavy atom. The first-order valence-corrected chi connectivity index (χ1v) is 4.62. The van der Waals surface area contributed by atoms with Crippen LogP contribution < -0.4 is 11.5 Å². The van der Waals surface area contributed by atoms with Crippen LogP contribution in [0.15, 0.2) is 24.7 Å². The lowest BCUT2D eigenvalue weighted by atomic mass is 10.2. The lowest BCUT2D eigenvalue weighted by Gasteiger charge is -2.02. The van der Waals surface area contributed by atoms with Crippen molar-refractivity contribution in [2.45, 2.75) is 0 Å². The van der Waals surface area contributed by atoms with Crippen LogP contribution in [-0.4, -0.2) is 20.7 Å². The molecule has 0 unspecified atom stereocenters. The molecule has 0 atom stereocenters. The number of aromatic nitrogens is 3. The van der Waals surface area contributed by atoms with Crippen molar-refractivity contribution in [2.75, 3.05) is 5.73 Å². The van der Waals surface area contributed by atoms with Crippen molar-refractivity contribution < 1.29 is 4.79 Å². The second-order valence-electron chi connectivity index (χ2n) is 3.29. The zero-order chi connectivity index (χ0) is 12.4. The van der Waals surface area contributed by atoms with E-state index in [0.717, 1.165) is 0 Å². The summed E-state index contributed by atoms with van der Waals surface area (Å²) in [5, 5.41) is 12.8. The van der Waals surface area contributed by atoms with E-state index in [9.17, 15) is 4.79 Å². The van der Waals surface area contributed by atoms with Crippen LogP contribution in [0.1, 0.15) is 15.9 Å². The molecule has 4 N–H and O–H groups in total. The third kappa shape index (κ3) is 1.91. The number of hydrogen-bond acceptors (Lipinski definition) is 5. The smallest absolute Gasteiger partial charge is 0.251 e. The summed E-state index contributed by atoms with van der Waals surface area (Å²) in [5.74, 6) is -0.292. The fourth-order valence-corrected chi connectivity index (χ4v) is 1.30. The quantitative estimate of drug-likeness (QED) is 0.737. The maximum atomic E-state index is 10.9. The minimum absolute atomic E-state index is 0.243. The first-order chi connectivity index (χ1) is 8.11. The number of pyridine rings is 1. The molecule has 2 heterocycles. The van der Waals surface area contributed by atoms with Crippen molar-refractivity contribution in [3.63, 3.8) is 0 Å². The van der Waals surface area contributed by atoms with Crippen LogP contribution in [0.4, 0.5) is 5.69 Å². The predicted octanol–water partition coefficient (Wildman–Crippen LogP) is -0.180. The Balaban J connectivity index is 2.53. The minimum Gasteiger partial charge on any atom is -0.397 e. The van der Waals surface area contributed by atoms with Crippen molar-refractivity contribution in [1.29, 1.82) is 5.26 Å². The van der Waals surface area contributed by atoms with E-state index in [1.165, 1.54) is 29.3 Å². The number of anilines is 1. The van der Waals surface area contributed by atoms with Gasteiger partial charge in [0.05, 0.1) is 29.2 Å². The van der Waals surface area contributed by atoms with Crippen LogP contribution in [0.5, 0.6) is 0 Å². The largest absolute Gasteiger partial charge is 0.397 e. The zero-order valence-electron chi connectivity index (χ0n) is 8.66. The Morgan fingerprint density at radius 2 is 2.24 bits per heavy atom. The molecular weight excluding hydrogens is 220 g/mol. The average Bonchev–Trinajstić information content (AvgIpc) is 2.78. The third-order valence-electron chi connectivity index (χ3n) is 2.09. The van der Waals surface area contributed by atoms with E-state index in [2.05, 4.69) is 10.1 Å². The SMILES string of the molecule is N#Cc1cc(N)cnc1-n1cc(C(N)=O)cn1. The summed E-state index contributed by atoms with van der Waals surface area (Å²) in [6.07, 6.45) is 4.12. The number of nitrogens with two attached hydrogens (primary N) is 2. The third-order valence-corrected chi connectivity index (χ3v) is 2.09. The fraction of sp³-hybridized carbons (Fsp3) is 0. The molecule has 0 aliphatic rings. The minimum atomic E-state index is -0.592. The monoisotopic (exact) mass is 228 g/mol. The average molecular weight is 228 g/mol.